The summed E-state index contributed by atoms with van der Waals surface area (Å²) in [6.07, 6.45) is 6.01. The third-order valence-corrected chi connectivity index (χ3v) is 8.08. The highest BCUT2D eigenvalue weighted by molar-refractivity contribution is 8.00. The predicted molar refractivity (Wildman–Crippen MR) is 130 cm³/mol. The number of benzene rings is 1. The van der Waals surface area contributed by atoms with Crippen LogP contribution in [0.5, 0.6) is 0 Å². The normalized spacial score (nSPS) is 13.4. The average molecular weight is 468 g/mol. The van der Waals surface area contributed by atoms with Gasteiger partial charge >= 0.3 is 0 Å². The van der Waals surface area contributed by atoms with Crippen molar-refractivity contribution >= 4 is 60.9 Å². The second-order valence-electron chi connectivity index (χ2n) is 8.32. The lowest BCUT2D eigenvalue weighted by atomic mass is 9.99. The van der Waals surface area contributed by atoms with Crippen molar-refractivity contribution in [2.75, 3.05) is 5.75 Å². The maximum Gasteiger partial charge on any atom is 0.173 e. The lowest BCUT2D eigenvalue weighted by Gasteiger charge is -2.11. The largest absolute Gasteiger partial charge is 0.293 e. The molecule has 1 aromatic carbocycles. The number of hydrogen-bond donors (Lipinski definition) is 0. The summed E-state index contributed by atoms with van der Waals surface area (Å²) in [5.41, 5.74) is 5.77. The molecule has 0 amide bonds. The number of Topliss-reactive ketones (excluding diaryl/α,β-unsaturated/α-hetero) is 1. The second-order valence-corrected chi connectivity index (χ2v) is 10.7. The van der Waals surface area contributed by atoms with Crippen molar-refractivity contribution in [3.63, 3.8) is 0 Å². The summed E-state index contributed by atoms with van der Waals surface area (Å²) >= 11 is 9.06. The van der Waals surface area contributed by atoms with Gasteiger partial charge in [0.25, 0.3) is 0 Å². The van der Waals surface area contributed by atoms with Crippen LogP contribution >= 0.6 is 34.7 Å². The van der Waals surface area contributed by atoms with E-state index in [2.05, 4.69) is 23.8 Å². The molecule has 0 bridgehead atoms. The van der Waals surface area contributed by atoms with Crippen LogP contribution in [0.25, 0.3) is 20.4 Å². The number of ketones is 1. The van der Waals surface area contributed by atoms with Gasteiger partial charge in [-0.2, -0.15) is 0 Å². The number of pyridine rings is 1. The molecule has 4 nitrogen and oxygen atoms in total. The van der Waals surface area contributed by atoms with Gasteiger partial charge in [-0.05, 0) is 67.0 Å². The zero-order valence-electron chi connectivity index (χ0n) is 17.4. The van der Waals surface area contributed by atoms with Crippen LogP contribution < -0.4 is 0 Å². The molecule has 0 N–H and O–H groups in total. The van der Waals surface area contributed by atoms with E-state index in [1.54, 1.807) is 41.9 Å². The van der Waals surface area contributed by atoms with Gasteiger partial charge < -0.3 is 0 Å². The van der Waals surface area contributed by atoms with Crippen LogP contribution in [-0.4, -0.2) is 26.5 Å². The molecule has 7 heteroatoms. The third-order valence-electron chi connectivity index (χ3n) is 5.63. The van der Waals surface area contributed by atoms with Gasteiger partial charge in [-0.15, -0.1) is 11.3 Å². The van der Waals surface area contributed by atoms with Crippen LogP contribution in [0.4, 0.5) is 0 Å². The molecule has 3 heterocycles. The predicted octanol–water partition coefficient (Wildman–Crippen LogP) is 6.56. The van der Waals surface area contributed by atoms with Gasteiger partial charge in [-0.25, -0.2) is 15.0 Å². The smallest absolute Gasteiger partial charge is 0.173 e. The molecule has 0 radical (unpaired) electrons. The number of nitrogens with zero attached hydrogens (tertiary/aromatic N) is 3. The van der Waals surface area contributed by atoms with E-state index in [0.717, 1.165) is 39.3 Å². The monoisotopic (exact) mass is 467 g/mol. The van der Waals surface area contributed by atoms with E-state index >= 15 is 0 Å². The number of halogens is 1. The Morgan fingerprint density at radius 1 is 1.16 bits per heavy atom. The summed E-state index contributed by atoms with van der Waals surface area (Å²) in [6, 6.07) is 7.03. The molecule has 0 fully saturated rings. The fourth-order valence-corrected chi connectivity index (χ4v) is 6.54. The Labute approximate surface area is 194 Å². The van der Waals surface area contributed by atoms with Crippen molar-refractivity contribution < 1.29 is 4.79 Å². The highest BCUT2D eigenvalue weighted by Crippen LogP contribution is 2.42. The van der Waals surface area contributed by atoms with Crippen LogP contribution in [0.1, 0.15) is 47.4 Å². The Bertz CT molecular complexity index is 1300. The number of fused-ring (bicyclic) bond motifs is 5. The first-order chi connectivity index (χ1) is 15.0. The molecule has 0 saturated heterocycles. The number of carbonyl (C=O) groups is 1. The first-order valence-corrected chi connectivity index (χ1v) is 12.7. The molecule has 0 atom stereocenters. The molecule has 0 spiro atoms. The highest BCUT2D eigenvalue weighted by Gasteiger charge is 2.24. The fourth-order valence-electron chi connectivity index (χ4n) is 4.27. The lowest BCUT2D eigenvalue weighted by molar-refractivity contribution is 0.102. The minimum Gasteiger partial charge on any atom is -0.293 e. The Morgan fingerprint density at radius 3 is 2.71 bits per heavy atom. The number of thiophene rings is 1. The average Bonchev–Trinajstić information content (AvgIpc) is 3.36. The van der Waals surface area contributed by atoms with Crippen molar-refractivity contribution in [1.29, 1.82) is 0 Å². The van der Waals surface area contributed by atoms with E-state index in [9.17, 15) is 4.79 Å². The van der Waals surface area contributed by atoms with E-state index in [-0.39, 0.29) is 5.78 Å². The summed E-state index contributed by atoms with van der Waals surface area (Å²) in [6.45, 7) is 4.49. The van der Waals surface area contributed by atoms with Crippen LogP contribution in [-0.2, 0) is 19.3 Å². The SMILES string of the molecule is CC(C)Cc1nc2sc3c(SCC(=O)c4ccc(Cl)cc4)ncnc3c2c2c1CCC2. The van der Waals surface area contributed by atoms with Crippen LogP contribution in [0.3, 0.4) is 0 Å². The number of aromatic nitrogens is 3. The van der Waals surface area contributed by atoms with Crippen molar-refractivity contribution in [3.8, 4) is 0 Å². The van der Waals surface area contributed by atoms with E-state index in [0.29, 0.717) is 22.3 Å². The zero-order valence-corrected chi connectivity index (χ0v) is 19.8. The molecular formula is C24H22ClN3OS2. The molecule has 3 aromatic heterocycles. The molecule has 0 aliphatic heterocycles. The first-order valence-electron chi connectivity index (χ1n) is 10.5. The second kappa shape index (κ2) is 8.49. The molecule has 0 saturated carbocycles. The minimum atomic E-state index is 0.0628. The van der Waals surface area contributed by atoms with Gasteiger partial charge in [0.15, 0.2) is 5.78 Å². The third kappa shape index (κ3) is 3.97. The van der Waals surface area contributed by atoms with Gasteiger partial charge in [0.2, 0.25) is 0 Å². The maximum absolute atomic E-state index is 12.6. The number of hydrogen-bond acceptors (Lipinski definition) is 6. The molecule has 0 unspecified atom stereocenters. The van der Waals surface area contributed by atoms with E-state index in [1.807, 2.05) is 0 Å². The van der Waals surface area contributed by atoms with Crippen molar-refractivity contribution in [2.24, 2.45) is 5.92 Å². The molecule has 1 aliphatic rings. The minimum absolute atomic E-state index is 0.0628. The van der Waals surface area contributed by atoms with Gasteiger partial charge in [0.1, 0.15) is 16.2 Å². The zero-order chi connectivity index (χ0) is 21.5. The molecule has 158 valence electrons. The molecule has 1 aliphatic carbocycles. The standard InChI is InChI=1S/C24H22ClN3OS2/c1-13(2)10-18-16-4-3-5-17(16)20-21-22(31-23(20)28-18)24(27-12-26-21)30-11-19(29)14-6-8-15(25)9-7-14/h6-9,12-13H,3-5,10-11H2,1-2H3. The molecule has 4 aromatic rings. The van der Waals surface area contributed by atoms with Crippen LogP contribution in [0.15, 0.2) is 35.6 Å². The van der Waals surface area contributed by atoms with Gasteiger partial charge in [-0.1, -0.05) is 37.2 Å². The van der Waals surface area contributed by atoms with E-state index in [4.69, 9.17) is 16.6 Å². The number of aryl methyl sites for hydroxylation is 1. The lowest BCUT2D eigenvalue weighted by Crippen LogP contribution is -2.03. The number of carbonyl (C=O) groups excluding carboxylic acids is 1. The Hall–Kier alpha value is -2.02. The molecule has 31 heavy (non-hydrogen) atoms. The Balaban J connectivity index is 1.52. The van der Waals surface area contributed by atoms with E-state index < -0.39 is 0 Å². The van der Waals surface area contributed by atoms with Gasteiger partial charge in [0.05, 0.1) is 16.0 Å². The van der Waals surface area contributed by atoms with Crippen LogP contribution in [0, 0.1) is 5.92 Å². The maximum atomic E-state index is 12.6. The molecular weight excluding hydrogens is 446 g/mol. The quantitative estimate of drug-likeness (QED) is 0.183. The summed E-state index contributed by atoms with van der Waals surface area (Å²) in [4.78, 5) is 27.9. The Kier molecular flexibility index (Phi) is 5.71. The van der Waals surface area contributed by atoms with Crippen LogP contribution in [0.2, 0.25) is 5.02 Å². The summed E-state index contributed by atoms with van der Waals surface area (Å²) < 4.78 is 1.04. The summed E-state index contributed by atoms with van der Waals surface area (Å²) in [7, 11) is 0. The number of thioether (sulfide) groups is 1. The summed E-state index contributed by atoms with van der Waals surface area (Å²) in [5, 5.41) is 2.68. The van der Waals surface area contributed by atoms with Crippen molar-refractivity contribution in [2.45, 2.75) is 44.6 Å². The fraction of sp³-hybridized carbons (Fsp3) is 0.333. The van der Waals surface area contributed by atoms with E-state index in [1.165, 1.54) is 40.4 Å². The summed E-state index contributed by atoms with van der Waals surface area (Å²) in [5.74, 6) is 0.966. The van der Waals surface area contributed by atoms with Crippen molar-refractivity contribution in [3.05, 3.63) is 58.0 Å². The first kappa shape index (κ1) is 20.9. The van der Waals surface area contributed by atoms with Gasteiger partial charge in [0, 0.05) is 21.7 Å². The highest BCUT2D eigenvalue weighted by atomic mass is 35.5. The van der Waals surface area contributed by atoms with Gasteiger partial charge in [-0.3, -0.25) is 4.79 Å². The topological polar surface area (TPSA) is 55.7 Å². The van der Waals surface area contributed by atoms with Crippen molar-refractivity contribution in [1.82, 2.24) is 15.0 Å². The number of rotatable bonds is 6. The Morgan fingerprint density at radius 2 is 1.94 bits per heavy atom. The molecule has 5 rings (SSSR count).